The van der Waals surface area contributed by atoms with E-state index in [0.717, 1.165) is 27.8 Å². The molecule has 1 amide bonds. The number of methoxy groups -OCH3 is 1. The Balaban J connectivity index is 1.88. The highest BCUT2D eigenvalue weighted by Gasteiger charge is 2.19. The van der Waals surface area contributed by atoms with Gasteiger partial charge >= 0.3 is 12.1 Å². The van der Waals surface area contributed by atoms with Crippen LogP contribution in [0.25, 0.3) is 11.1 Å². The normalized spacial score (nSPS) is 10.6. The number of benzene rings is 3. The monoisotopic (exact) mass is 481 g/mol. The van der Waals surface area contributed by atoms with Crippen LogP contribution in [0.1, 0.15) is 29.2 Å². The average molecular weight is 482 g/mol. The third-order valence-corrected chi connectivity index (χ3v) is 5.66. The molecule has 7 heteroatoms. The van der Waals surface area contributed by atoms with Crippen LogP contribution >= 0.6 is 11.6 Å². The topological polar surface area (TPSA) is 76.1 Å². The van der Waals surface area contributed by atoms with Crippen LogP contribution in [0, 0.1) is 6.92 Å². The van der Waals surface area contributed by atoms with Crippen LogP contribution in [0.3, 0.4) is 0 Å². The Labute approximate surface area is 204 Å². The fourth-order valence-electron chi connectivity index (χ4n) is 3.74. The average Bonchev–Trinajstić information content (AvgIpc) is 2.80. The highest BCUT2D eigenvalue weighted by Crippen LogP contribution is 2.34. The molecule has 3 aromatic carbocycles. The predicted octanol–water partition coefficient (Wildman–Crippen LogP) is 6.11. The van der Waals surface area contributed by atoms with E-state index >= 15 is 0 Å². The molecule has 0 aliphatic carbocycles. The van der Waals surface area contributed by atoms with Crippen LogP contribution in [0.15, 0.2) is 60.7 Å². The molecule has 0 atom stereocenters. The summed E-state index contributed by atoms with van der Waals surface area (Å²) in [5, 5.41) is 9.80. The second-order valence-electron chi connectivity index (χ2n) is 7.96. The predicted molar refractivity (Wildman–Crippen MR) is 132 cm³/mol. The molecular formula is C27H28ClNO5. The second-order valence-corrected chi connectivity index (χ2v) is 8.40. The summed E-state index contributed by atoms with van der Waals surface area (Å²) in [4.78, 5) is 25.7. The molecule has 178 valence electrons. The quantitative estimate of drug-likeness (QED) is 0.399. The molecule has 0 spiro atoms. The largest absolute Gasteiger partial charge is 0.496 e. The zero-order valence-corrected chi connectivity index (χ0v) is 20.3. The van der Waals surface area contributed by atoms with Crippen LogP contribution in [-0.2, 0) is 29.1 Å². The van der Waals surface area contributed by atoms with Gasteiger partial charge in [0.05, 0.1) is 13.5 Å². The van der Waals surface area contributed by atoms with Crippen molar-refractivity contribution in [1.82, 2.24) is 4.90 Å². The van der Waals surface area contributed by atoms with Crippen molar-refractivity contribution in [3.8, 4) is 16.9 Å². The van der Waals surface area contributed by atoms with Gasteiger partial charge in [0, 0.05) is 23.7 Å². The Hall–Kier alpha value is -3.51. The van der Waals surface area contributed by atoms with E-state index in [2.05, 4.69) is 0 Å². The van der Waals surface area contributed by atoms with Gasteiger partial charge in [-0.3, -0.25) is 4.79 Å². The highest BCUT2D eigenvalue weighted by atomic mass is 35.5. The summed E-state index contributed by atoms with van der Waals surface area (Å²) in [6.07, 6.45) is -0.517. The van der Waals surface area contributed by atoms with Gasteiger partial charge in [-0.15, -0.1) is 0 Å². The molecule has 3 aromatic rings. The van der Waals surface area contributed by atoms with Crippen molar-refractivity contribution in [3.05, 3.63) is 87.9 Å². The van der Waals surface area contributed by atoms with Gasteiger partial charge in [-0.05, 0) is 60.4 Å². The first-order valence-corrected chi connectivity index (χ1v) is 11.3. The zero-order chi connectivity index (χ0) is 24.7. The fourth-order valence-corrected chi connectivity index (χ4v) is 3.95. The Bertz CT molecular complexity index is 1180. The summed E-state index contributed by atoms with van der Waals surface area (Å²) in [5.41, 5.74) is 5.08. The second kappa shape index (κ2) is 11.6. The molecule has 0 saturated heterocycles. The molecule has 0 saturated carbocycles. The molecule has 0 bridgehead atoms. The minimum atomic E-state index is -0.903. The van der Waals surface area contributed by atoms with Gasteiger partial charge in [-0.1, -0.05) is 53.6 Å². The van der Waals surface area contributed by atoms with E-state index in [1.54, 1.807) is 36.3 Å². The van der Waals surface area contributed by atoms with E-state index in [0.29, 0.717) is 29.4 Å². The third-order valence-electron chi connectivity index (χ3n) is 5.42. The molecule has 0 aromatic heterocycles. The van der Waals surface area contributed by atoms with Gasteiger partial charge in [-0.2, -0.15) is 0 Å². The smallest absolute Gasteiger partial charge is 0.410 e. The van der Waals surface area contributed by atoms with Crippen molar-refractivity contribution in [3.63, 3.8) is 0 Å². The molecule has 0 heterocycles. The van der Waals surface area contributed by atoms with Gasteiger partial charge in [0.15, 0.2) is 0 Å². The number of carboxylic acids is 1. The molecule has 6 nitrogen and oxygen atoms in total. The van der Waals surface area contributed by atoms with Crippen LogP contribution in [0.2, 0.25) is 5.02 Å². The van der Waals surface area contributed by atoms with Gasteiger partial charge in [0.2, 0.25) is 0 Å². The Kier molecular flexibility index (Phi) is 8.55. The molecule has 0 aliphatic heterocycles. The Morgan fingerprint density at radius 3 is 2.47 bits per heavy atom. The maximum atomic E-state index is 12.8. The number of aryl methyl sites for hydroxylation is 1. The first-order chi connectivity index (χ1) is 16.3. The fraction of sp³-hybridized carbons (Fsp3) is 0.259. The van der Waals surface area contributed by atoms with E-state index in [9.17, 15) is 14.7 Å². The summed E-state index contributed by atoms with van der Waals surface area (Å²) >= 11 is 6.02. The van der Waals surface area contributed by atoms with Crippen LogP contribution < -0.4 is 4.74 Å². The van der Waals surface area contributed by atoms with Gasteiger partial charge in [0.25, 0.3) is 0 Å². The molecular weight excluding hydrogens is 454 g/mol. The molecule has 34 heavy (non-hydrogen) atoms. The van der Waals surface area contributed by atoms with Crippen molar-refractivity contribution in [1.29, 1.82) is 0 Å². The zero-order valence-electron chi connectivity index (χ0n) is 19.5. The van der Waals surface area contributed by atoms with Gasteiger partial charge in [-0.25, -0.2) is 4.79 Å². The van der Waals surface area contributed by atoms with Gasteiger partial charge in [0.1, 0.15) is 12.4 Å². The number of carboxylic acid groups (broad SMARTS) is 1. The van der Waals surface area contributed by atoms with Crippen molar-refractivity contribution < 1.29 is 24.2 Å². The maximum Gasteiger partial charge on any atom is 0.410 e. The summed E-state index contributed by atoms with van der Waals surface area (Å²) in [5.74, 6) is -0.273. The van der Waals surface area contributed by atoms with E-state index < -0.39 is 12.1 Å². The minimum absolute atomic E-state index is 0.0882. The standard InChI is InChI=1S/C27H28ClNO5/c1-4-29(27(32)34-17-20-6-5-7-22(28)13-20)16-21-12-18(2)8-10-23(21)24-14-19(15-26(30)31)9-11-25(24)33-3/h5-14H,4,15-17H2,1-3H3,(H,30,31). The van der Waals surface area contributed by atoms with E-state index in [4.69, 9.17) is 21.1 Å². The number of hydrogen-bond donors (Lipinski definition) is 1. The van der Waals surface area contributed by atoms with Crippen LogP contribution in [0.5, 0.6) is 5.75 Å². The summed E-state index contributed by atoms with van der Waals surface area (Å²) in [7, 11) is 1.58. The lowest BCUT2D eigenvalue weighted by atomic mass is 9.94. The van der Waals surface area contributed by atoms with Crippen molar-refractivity contribution in [2.45, 2.75) is 33.4 Å². The number of carbonyl (C=O) groups is 2. The van der Waals surface area contributed by atoms with Crippen molar-refractivity contribution in [2.75, 3.05) is 13.7 Å². The SMILES string of the molecule is CCN(Cc1cc(C)ccc1-c1cc(CC(=O)O)ccc1OC)C(=O)OCc1cccc(Cl)c1. The lowest BCUT2D eigenvalue weighted by molar-refractivity contribution is -0.136. The third kappa shape index (κ3) is 6.51. The molecule has 0 radical (unpaired) electrons. The first-order valence-electron chi connectivity index (χ1n) is 11.0. The number of hydrogen-bond acceptors (Lipinski definition) is 4. The lowest BCUT2D eigenvalue weighted by Crippen LogP contribution is -2.31. The number of halogens is 1. The molecule has 0 fully saturated rings. The van der Waals surface area contributed by atoms with Crippen molar-refractivity contribution >= 4 is 23.7 Å². The molecule has 3 rings (SSSR count). The number of nitrogens with zero attached hydrogens (tertiary/aromatic N) is 1. The van der Waals surface area contributed by atoms with Crippen LogP contribution in [-0.4, -0.2) is 35.7 Å². The summed E-state index contributed by atoms with van der Waals surface area (Å²) in [6, 6.07) is 18.5. The summed E-state index contributed by atoms with van der Waals surface area (Å²) < 4.78 is 11.1. The van der Waals surface area contributed by atoms with Crippen LogP contribution in [0.4, 0.5) is 4.79 Å². The lowest BCUT2D eigenvalue weighted by Gasteiger charge is -2.23. The maximum absolute atomic E-state index is 12.8. The Morgan fingerprint density at radius 1 is 1.00 bits per heavy atom. The molecule has 0 unspecified atom stereocenters. The molecule has 1 N–H and O–H groups in total. The Morgan fingerprint density at radius 2 is 1.79 bits per heavy atom. The van der Waals surface area contributed by atoms with E-state index in [1.165, 1.54) is 0 Å². The number of amides is 1. The molecule has 0 aliphatic rings. The van der Waals surface area contributed by atoms with E-state index in [-0.39, 0.29) is 13.0 Å². The number of aliphatic carboxylic acids is 1. The minimum Gasteiger partial charge on any atom is -0.496 e. The number of rotatable bonds is 9. The first kappa shape index (κ1) is 25.1. The summed E-state index contributed by atoms with van der Waals surface area (Å²) in [6.45, 7) is 4.79. The number of ether oxygens (including phenoxy) is 2. The van der Waals surface area contributed by atoms with E-state index in [1.807, 2.05) is 50.2 Å². The highest BCUT2D eigenvalue weighted by molar-refractivity contribution is 6.30. The van der Waals surface area contributed by atoms with Crippen molar-refractivity contribution in [2.24, 2.45) is 0 Å². The van der Waals surface area contributed by atoms with Gasteiger partial charge < -0.3 is 19.5 Å². The number of carbonyl (C=O) groups excluding carboxylic acids is 1.